The summed E-state index contributed by atoms with van der Waals surface area (Å²) in [6.45, 7) is 7.64. The van der Waals surface area contributed by atoms with E-state index < -0.39 is 0 Å². The zero-order chi connectivity index (χ0) is 19.8. The first-order valence-corrected chi connectivity index (χ1v) is 9.95. The monoisotopic (exact) mass is 377 g/mol. The van der Waals surface area contributed by atoms with Gasteiger partial charge in [0.1, 0.15) is 22.9 Å². The largest absolute Gasteiger partial charge is 0.494 e. The van der Waals surface area contributed by atoms with E-state index in [0.29, 0.717) is 13.2 Å². The average molecular weight is 377 g/mol. The number of ether oxygens (including phenoxy) is 2. The average Bonchev–Trinajstić information content (AvgIpc) is 2.76. The molecule has 2 aromatic carbocycles. The minimum absolute atomic E-state index is 0.712. The van der Waals surface area contributed by atoms with Crippen LogP contribution in [0, 0.1) is 0 Å². The van der Waals surface area contributed by atoms with Gasteiger partial charge in [-0.1, -0.05) is 20.8 Å². The standard InChI is InChI=1S/C23H27N3O2/c1-4-15-27-19-11-7-17(8-12-19)22-23(26-25-21(6-3)24-22)18-9-13-20(14-10-18)28-16-5-2/h7-14H,4-6,15-16H2,1-3H3. The Labute approximate surface area is 166 Å². The number of rotatable bonds is 9. The van der Waals surface area contributed by atoms with Crippen LogP contribution in [-0.4, -0.2) is 28.4 Å². The zero-order valence-electron chi connectivity index (χ0n) is 16.8. The second-order valence-electron chi connectivity index (χ2n) is 6.52. The molecular formula is C23H27N3O2. The molecule has 3 rings (SSSR count). The maximum absolute atomic E-state index is 5.69. The van der Waals surface area contributed by atoms with E-state index in [1.807, 2.05) is 55.5 Å². The number of aryl methyl sites for hydroxylation is 1. The number of hydrogen-bond acceptors (Lipinski definition) is 5. The molecule has 0 saturated carbocycles. The highest BCUT2D eigenvalue weighted by atomic mass is 16.5. The van der Waals surface area contributed by atoms with E-state index in [9.17, 15) is 0 Å². The molecule has 0 amide bonds. The Balaban J connectivity index is 1.94. The molecule has 5 nitrogen and oxygen atoms in total. The van der Waals surface area contributed by atoms with Crippen molar-refractivity contribution in [3.05, 3.63) is 54.4 Å². The van der Waals surface area contributed by atoms with Crippen LogP contribution in [0.5, 0.6) is 11.5 Å². The van der Waals surface area contributed by atoms with Gasteiger partial charge in [-0.25, -0.2) is 4.98 Å². The number of aromatic nitrogens is 3. The molecule has 0 aliphatic carbocycles. The Morgan fingerprint density at radius 1 is 0.643 bits per heavy atom. The summed E-state index contributed by atoms with van der Waals surface area (Å²) in [6.07, 6.45) is 2.71. The number of hydrogen-bond donors (Lipinski definition) is 0. The molecule has 0 radical (unpaired) electrons. The van der Waals surface area contributed by atoms with Gasteiger partial charge < -0.3 is 9.47 Å². The minimum atomic E-state index is 0.712. The van der Waals surface area contributed by atoms with Crippen molar-refractivity contribution in [1.29, 1.82) is 0 Å². The minimum Gasteiger partial charge on any atom is -0.494 e. The summed E-state index contributed by atoms with van der Waals surface area (Å²) in [5.74, 6) is 2.45. The van der Waals surface area contributed by atoms with Crippen molar-refractivity contribution in [3.8, 4) is 34.0 Å². The van der Waals surface area contributed by atoms with Crippen LogP contribution < -0.4 is 9.47 Å². The maximum atomic E-state index is 5.69. The van der Waals surface area contributed by atoms with Crippen molar-refractivity contribution in [2.24, 2.45) is 0 Å². The Morgan fingerprint density at radius 2 is 1.14 bits per heavy atom. The van der Waals surface area contributed by atoms with Gasteiger partial charge in [-0.15, -0.1) is 10.2 Å². The third kappa shape index (κ3) is 4.85. The summed E-state index contributed by atoms with van der Waals surface area (Å²) in [4.78, 5) is 4.76. The van der Waals surface area contributed by atoms with Gasteiger partial charge >= 0.3 is 0 Å². The molecule has 0 aliphatic heterocycles. The highest BCUT2D eigenvalue weighted by Crippen LogP contribution is 2.30. The quantitative estimate of drug-likeness (QED) is 0.503. The summed E-state index contributed by atoms with van der Waals surface area (Å²) in [5, 5.41) is 8.75. The molecule has 0 N–H and O–H groups in total. The van der Waals surface area contributed by atoms with E-state index in [4.69, 9.17) is 14.5 Å². The van der Waals surface area contributed by atoms with Crippen molar-refractivity contribution >= 4 is 0 Å². The van der Waals surface area contributed by atoms with Crippen molar-refractivity contribution < 1.29 is 9.47 Å². The van der Waals surface area contributed by atoms with Gasteiger partial charge in [0.15, 0.2) is 5.82 Å². The lowest BCUT2D eigenvalue weighted by Crippen LogP contribution is -2.02. The van der Waals surface area contributed by atoms with Crippen molar-refractivity contribution in [1.82, 2.24) is 15.2 Å². The lowest BCUT2D eigenvalue weighted by atomic mass is 10.0. The molecule has 0 unspecified atom stereocenters. The molecule has 0 atom stereocenters. The van der Waals surface area contributed by atoms with E-state index in [0.717, 1.165) is 59.1 Å². The molecule has 1 aromatic heterocycles. The molecule has 0 fully saturated rings. The Hall–Kier alpha value is -2.95. The fraction of sp³-hybridized carbons (Fsp3) is 0.348. The highest BCUT2D eigenvalue weighted by molar-refractivity contribution is 5.77. The molecule has 0 saturated heterocycles. The maximum Gasteiger partial charge on any atom is 0.151 e. The third-order valence-corrected chi connectivity index (χ3v) is 4.25. The van der Waals surface area contributed by atoms with Crippen molar-refractivity contribution in [2.75, 3.05) is 13.2 Å². The highest BCUT2D eigenvalue weighted by Gasteiger charge is 2.13. The molecule has 0 spiro atoms. The van der Waals surface area contributed by atoms with Gasteiger partial charge in [-0.3, -0.25) is 0 Å². The molecule has 28 heavy (non-hydrogen) atoms. The van der Waals surface area contributed by atoms with Crippen LogP contribution in [0.15, 0.2) is 48.5 Å². The van der Waals surface area contributed by atoms with Crippen LogP contribution in [0.2, 0.25) is 0 Å². The molecule has 1 heterocycles. The topological polar surface area (TPSA) is 57.1 Å². The van der Waals surface area contributed by atoms with Gasteiger partial charge in [-0.2, -0.15) is 0 Å². The third-order valence-electron chi connectivity index (χ3n) is 4.25. The van der Waals surface area contributed by atoms with Crippen LogP contribution in [0.3, 0.4) is 0 Å². The Bertz CT molecular complexity index is 877. The first-order valence-electron chi connectivity index (χ1n) is 9.95. The smallest absolute Gasteiger partial charge is 0.151 e. The van der Waals surface area contributed by atoms with Crippen LogP contribution in [-0.2, 0) is 6.42 Å². The molecule has 3 aromatic rings. The van der Waals surface area contributed by atoms with Gasteiger partial charge in [0.25, 0.3) is 0 Å². The number of nitrogens with zero attached hydrogens (tertiary/aromatic N) is 3. The number of benzene rings is 2. The summed E-state index contributed by atoms with van der Waals surface area (Å²) >= 11 is 0. The van der Waals surface area contributed by atoms with Gasteiger partial charge in [0.2, 0.25) is 0 Å². The summed E-state index contributed by atoms with van der Waals surface area (Å²) < 4.78 is 11.4. The fourth-order valence-electron chi connectivity index (χ4n) is 2.76. The van der Waals surface area contributed by atoms with Crippen molar-refractivity contribution in [3.63, 3.8) is 0 Å². The van der Waals surface area contributed by atoms with Crippen molar-refractivity contribution in [2.45, 2.75) is 40.0 Å². The molecule has 0 aliphatic rings. The molecule has 0 bridgehead atoms. The lowest BCUT2D eigenvalue weighted by molar-refractivity contribution is 0.317. The van der Waals surface area contributed by atoms with Crippen LogP contribution in [0.25, 0.3) is 22.5 Å². The Kier molecular flexibility index (Phi) is 6.95. The first-order chi connectivity index (χ1) is 13.7. The summed E-state index contributed by atoms with van der Waals surface area (Å²) in [7, 11) is 0. The molecule has 146 valence electrons. The predicted molar refractivity (Wildman–Crippen MR) is 112 cm³/mol. The molecule has 5 heteroatoms. The predicted octanol–water partition coefficient (Wildman–Crippen LogP) is 5.35. The summed E-state index contributed by atoms with van der Waals surface area (Å²) in [6, 6.07) is 15.9. The van der Waals surface area contributed by atoms with E-state index in [-0.39, 0.29) is 0 Å². The van der Waals surface area contributed by atoms with Crippen LogP contribution in [0.1, 0.15) is 39.4 Å². The van der Waals surface area contributed by atoms with Gasteiger partial charge in [-0.05, 0) is 61.4 Å². The SMILES string of the molecule is CCCOc1ccc(-c2nnc(CC)nc2-c2ccc(OCCC)cc2)cc1. The normalized spacial score (nSPS) is 10.7. The second-order valence-corrected chi connectivity index (χ2v) is 6.52. The van der Waals surface area contributed by atoms with Gasteiger partial charge in [0.05, 0.1) is 13.2 Å². The lowest BCUT2D eigenvalue weighted by Gasteiger charge is -2.11. The second kappa shape index (κ2) is 9.83. The van der Waals surface area contributed by atoms with Crippen LogP contribution in [0.4, 0.5) is 0 Å². The molecular weight excluding hydrogens is 350 g/mol. The van der Waals surface area contributed by atoms with Gasteiger partial charge in [0, 0.05) is 17.5 Å². The Morgan fingerprint density at radius 3 is 1.61 bits per heavy atom. The van der Waals surface area contributed by atoms with E-state index in [1.165, 1.54) is 0 Å². The zero-order valence-corrected chi connectivity index (χ0v) is 16.8. The fourth-order valence-corrected chi connectivity index (χ4v) is 2.76. The van der Waals surface area contributed by atoms with Crippen LogP contribution >= 0.6 is 0 Å². The summed E-state index contributed by atoms with van der Waals surface area (Å²) in [5.41, 5.74) is 3.56. The van der Waals surface area contributed by atoms with E-state index >= 15 is 0 Å². The van der Waals surface area contributed by atoms with E-state index in [2.05, 4.69) is 24.0 Å². The first kappa shape index (κ1) is 19.8. The van der Waals surface area contributed by atoms with E-state index in [1.54, 1.807) is 0 Å².